The van der Waals surface area contributed by atoms with Crippen LogP contribution in [-0.2, 0) is 4.79 Å². The number of phenolic OH excluding ortho intramolecular Hbond substituents is 1. The van der Waals surface area contributed by atoms with Crippen LogP contribution in [0.25, 0.3) is 10.9 Å². The van der Waals surface area contributed by atoms with Crippen LogP contribution in [0.5, 0.6) is 5.75 Å². The molecule has 0 fully saturated rings. The standard InChI is InChI=1S/C21H21F3N4O4/c1-10(17-12(23)7-11(22)9-25-17)26-18(30)14(8-21(2,3)24)28-19(31)16-13(27-20(28)32)5-4-6-15(16)29/h4-7,9-10,14,29H,8H2,1-3H3,(H,26,30)(H,27,32)/t10-,14+/m1/s1. The number of halogens is 3. The average molecular weight is 450 g/mol. The summed E-state index contributed by atoms with van der Waals surface area (Å²) in [6, 6.07) is 1.90. The summed E-state index contributed by atoms with van der Waals surface area (Å²) in [6.45, 7) is 3.68. The maximum absolute atomic E-state index is 14.5. The molecule has 32 heavy (non-hydrogen) atoms. The maximum atomic E-state index is 14.5. The SMILES string of the molecule is C[C@@H](NC(=O)[C@H](CC(C)(C)F)n1c(=O)[nH]c2cccc(O)c2c1=O)c1ncc(F)cc1F. The number of amides is 1. The highest BCUT2D eigenvalue weighted by molar-refractivity contribution is 5.85. The first kappa shape index (κ1) is 23.0. The molecule has 0 spiro atoms. The molecule has 0 unspecified atom stereocenters. The van der Waals surface area contributed by atoms with Crippen molar-refractivity contribution in [2.75, 3.05) is 0 Å². The minimum absolute atomic E-state index is 0.0425. The molecule has 0 aliphatic rings. The lowest BCUT2D eigenvalue weighted by Crippen LogP contribution is -2.46. The number of hydrogen-bond acceptors (Lipinski definition) is 5. The van der Waals surface area contributed by atoms with Gasteiger partial charge >= 0.3 is 5.69 Å². The summed E-state index contributed by atoms with van der Waals surface area (Å²) in [5.74, 6) is -3.31. The van der Waals surface area contributed by atoms with E-state index in [-0.39, 0.29) is 16.6 Å². The summed E-state index contributed by atoms with van der Waals surface area (Å²) in [5, 5.41) is 12.2. The molecule has 2 atom stereocenters. The number of alkyl halides is 1. The summed E-state index contributed by atoms with van der Waals surface area (Å²) in [6.07, 6.45) is 0.192. The van der Waals surface area contributed by atoms with E-state index in [1.54, 1.807) is 0 Å². The second-order valence-corrected chi connectivity index (χ2v) is 7.99. The number of rotatable bonds is 6. The largest absolute Gasteiger partial charge is 0.507 e. The molecule has 170 valence electrons. The molecule has 3 N–H and O–H groups in total. The third kappa shape index (κ3) is 4.66. The second kappa shape index (κ2) is 8.48. The van der Waals surface area contributed by atoms with Crippen LogP contribution in [0.1, 0.15) is 45.0 Å². The van der Waals surface area contributed by atoms with Gasteiger partial charge in [0.05, 0.1) is 23.4 Å². The van der Waals surface area contributed by atoms with Crippen molar-refractivity contribution >= 4 is 16.8 Å². The molecule has 0 aliphatic heterocycles. The van der Waals surface area contributed by atoms with Crippen LogP contribution in [-0.4, -0.2) is 31.2 Å². The van der Waals surface area contributed by atoms with Gasteiger partial charge in [0.15, 0.2) is 0 Å². The number of nitrogens with one attached hydrogen (secondary N) is 2. The monoisotopic (exact) mass is 450 g/mol. The zero-order chi connectivity index (χ0) is 23.8. The average Bonchev–Trinajstić information content (AvgIpc) is 2.65. The van der Waals surface area contributed by atoms with Crippen molar-refractivity contribution in [2.45, 2.75) is 44.9 Å². The summed E-state index contributed by atoms with van der Waals surface area (Å²) in [7, 11) is 0. The summed E-state index contributed by atoms with van der Waals surface area (Å²) in [5.41, 5.74) is -4.21. The van der Waals surface area contributed by atoms with Gasteiger partial charge in [-0.2, -0.15) is 0 Å². The van der Waals surface area contributed by atoms with Crippen molar-refractivity contribution in [1.82, 2.24) is 19.9 Å². The Morgan fingerprint density at radius 3 is 2.62 bits per heavy atom. The van der Waals surface area contributed by atoms with E-state index in [9.17, 15) is 32.7 Å². The van der Waals surface area contributed by atoms with Crippen LogP contribution in [0.2, 0.25) is 0 Å². The molecule has 2 aromatic heterocycles. The number of hydrogen-bond donors (Lipinski definition) is 3. The van der Waals surface area contributed by atoms with Gasteiger partial charge in [0, 0.05) is 12.5 Å². The van der Waals surface area contributed by atoms with Gasteiger partial charge in [-0.15, -0.1) is 0 Å². The predicted molar refractivity (Wildman–Crippen MR) is 110 cm³/mol. The molecule has 2 heterocycles. The number of phenols is 1. The van der Waals surface area contributed by atoms with Crippen LogP contribution in [0.4, 0.5) is 13.2 Å². The Labute approximate surface area is 179 Å². The quantitative estimate of drug-likeness (QED) is 0.534. The lowest BCUT2D eigenvalue weighted by molar-refractivity contribution is -0.126. The Bertz CT molecular complexity index is 1300. The number of aromatic amines is 1. The molecule has 11 heteroatoms. The van der Waals surface area contributed by atoms with Gasteiger partial charge in [-0.3, -0.25) is 14.6 Å². The van der Waals surface area contributed by atoms with E-state index >= 15 is 0 Å². The highest BCUT2D eigenvalue weighted by Crippen LogP contribution is 2.25. The van der Waals surface area contributed by atoms with Crippen LogP contribution in [0.3, 0.4) is 0 Å². The summed E-state index contributed by atoms with van der Waals surface area (Å²) < 4.78 is 42.2. The molecule has 8 nitrogen and oxygen atoms in total. The van der Waals surface area contributed by atoms with Gasteiger partial charge < -0.3 is 15.4 Å². The molecule has 0 saturated carbocycles. The molecule has 1 amide bonds. The Balaban J connectivity index is 2.08. The van der Waals surface area contributed by atoms with E-state index in [1.165, 1.54) is 25.1 Å². The van der Waals surface area contributed by atoms with Crippen LogP contribution < -0.4 is 16.6 Å². The minimum atomic E-state index is -1.98. The first-order chi connectivity index (χ1) is 14.9. The molecule has 0 radical (unpaired) electrons. The Kier molecular flexibility index (Phi) is 6.11. The predicted octanol–water partition coefficient (Wildman–Crippen LogP) is 2.63. The van der Waals surface area contributed by atoms with Gasteiger partial charge in [-0.05, 0) is 32.9 Å². The van der Waals surface area contributed by atoms with E-state index in [4.69, 9.17) is 0 Å². The van der Waals surface area contributed by atoms with Crippen molar-refractivity contribution in [2.24, 2.45) is 0 Å². The third-order valence-corrected chi connectivity index (χ3v) is 4.83. The fraction of sp³-hybridized carbons (Fsp3) is 0.333. The van der Waals surface area contributed by atoms with Crippen LogP contribution in [0.15, 0.2) is 40.1 Å². The van der Waals surface area contributed by atoms with E-state index < -0.39 is 58.7 Å². The molecular formula is C21H21F3N4O4. The number of H-pyrrole nitrogens is 1. The smallest absolute Gasteiger partial charge is 0.329 e. The van der Waals surface area contributed by atoms with Gasteiger partial charge in [0.25, 0.3) is 5.56 Å². The number of aromatic hydroxyl groups is 1. The van der Waals surface area contributed by atoms with Gasteiger partial charge in [-0.1, -0.05) is 6.07 Å². The Morgan fingerprint density at radius 1 is 1.31 bits per heavy atom. The fourth-order valence-corrected chi connectivity index (χ4v) is 3.42. The van der Waals surface area contributed by atoms with E-state index in [0.29, 0.717) is 10.6 Å². The molecular weight excluding hydrogens is 429 g/mol. The number of fused-ring (bicyclic) bond motifs is 1. The first-order valence-electron chi connectivity index (χ1n) is 9.66. The van der Waals surface area contributed by atoms with E-state index in [1.807, 2.05) is 0 Å². The van der Waals surface area contributed by atoms with Crippen molar-refractivity contribution in [1.29, 1.82) is 0 Å². The zero-order valence-electron chi connectivity index (χ0n) is 17.4. The van der Waals surface area contributed by atoms with Gasteiger partial charge in [0.2, 0.25) is 5.91 Å². The minimum Gasteiger partial charge on any atom is -0.507 e. The van der Waals surface area contributed by atoms with Gasteiger partial charge in [0.1, 0.15) is 34.5 Å². The highest BCUT2D eigenvalue weighted by Gasteiger charge is 2.33. The maximum Gasteiger partial charge on any atom is 0.329 e. The number of nitrogens with zero attached hydrogens (tertiary/aromatic N) is 2. The number of carbonyl (C=O) groups excluding carboxylic acids is 1. The highest BCUT2D eigenvalue weighted by atomic mass is 19.1. The second-order valence-electron chi connectivity index (χ2n) is 7.99. The lowest BCUT2D eigenvalue weighted by Gasteiger charge is -2.25. The van der Waals surface area contributed by atoms with Crippen molar-refractivity contribution in [3.05, 3.63) is 68.6 Å². The zero-order valence-corrected chi connectivity index (χ0v) is 17.4. The van der Waals surface area contributed by atoms with E-state index in [2.05, 4.69) is 15.3 Å². The molecule has 0 saturated heterocycles. The van der Waals surface area contributed by atoms with Crippen molar-refractivity contribution in [3.63, 3.8) is 0 Å². The number of aromatic nitrogens is 3. The molecule has 0 bridgehead atoms. The molecule has 0 aliphatic carbocycles. The van der Waals surface area contributed by atoms with Crippen molar-refractivity contribution < 1.29 is 23.1 Å². The third-order valence-electron chi connectivity index (χ3n) is 4.83. The van der Waals surface area contributed by atoms with Crippen LogP contribution in [0, 0.1) is 11.6 Å². The Morgan fingerprint density at radius 2 is 2.00 bits per heavy atom. The number of pyridine rings is 1. The number of carbonyl (C=O) groups is 1. The van der Waals surface area contributed by atoms with Gasteiger partial charge in [-0.25, -0.2) is 22.5 Å². The summed E-state index contributed by atoms with van der Waals surface area (Å²) >= 11 is 0. The summed E-state index contributed by atoms with van der Waals surface area (Å²) in [4.78, 5) is 44.7. The fourth-order valence-electron chi connectivity index (χ4n) is 3.42. The van der Waals surface area contributed by atoms with Crippen LogP contribution >= 0.6 is 0 Å². The molecule has 3 rings (SSSR count). The lowest BCUT2D eigenvalue weighted by atomic mass is 9.99. The van der Waals surface area contributed by atoms with E-state index in [0.717, 1.165) is 20.0 Å². The normalized spacial score (nSPS) is 13.7. The topological polar surface area (TPSA) is 117 Å². The first-order valence-corrected chi connectivity index (χ1v) is 9.66. The van der Waals surface area contributed by atoms with Crippen molar-refractivity contribution in [3.8, 4) is 5.75 Å². The molecule has 3 aromatic rings. The Hall–Kier alpha value is -3.63. The molecule has 1 aromatic carbocycles. The number of benzene rings is 1.